The van der Waals surface area contributed by atoms with E-state index >= 15 is 0 Å². The summed E-state index contributed by atoms with van der Waals surface area (Å²) in [5.74, 6) is 1.35. The molecule has 3 aliphatic rings. The number of nitrogens with zero attached hydrogens (tertiary/aromatic N) is 3. The standard InChI is InChI=1S/C31H43ClN4O4/c1-31(2,3)40-30(39)34-28-9-4-23(10-15-33-28)21-35-16-13-25(14-17-35)29(38)36-18-11-22(12-19-36)20-27(37)24-5-7-26(32)8-6-24/h4-8,10,15,22,25,27,37H,9,11-14,16-21H2,1-3H3,(H,33,34,39). The average Bonchev–Trinajstić information content (AvgIpc) is 3.13. The van der Waals surface area contributed by atoms with Crippen molar-refractivity contribution in [3.63, 3.8) is 0 Å². The molecule has 2 fully saturated rings. The number of likely N-dealkylation sites (tertiary alicyclic amines) is 2. The average molecular weight is 571 g/mol. The molecule has 3 aliphatic heterocycles. The zero-order chi connectivity index (χ0) is 28.7. The van der Waals surface area contributed by atoms with E-state index in [1.165, 1.54) is 0 Å². The fraction of sp³-hybridized carbons (Fsp3) is 0.581. The first-order valence-corrected chi connectivity index (χ1v) is 14.8. The number of benzene rings is 1. The monoisotopic (exact) mass is 570 g/mol. The molecule has 0 bridgehead atoms. The second-order valence-electron chi connectivity index (χ2n) is 12.1. The Hall–Kier alpha value is -2.68. The number of ether oxygens (including phenoxy) is 1. The molecule has 218 valence electrons. The highest BCUT2D eigenvalue weighted by Gasteiger charge is 2.31. The van der Waals surface area contributed by atoms with Crippen molar-refractivity contribution in [1.82, 2.24) is 15.1 Å². The van der Waals surface area contributed by atoms with Crippen LogP contribution in [-0.4, -0.2) is 71.1 Å². The predicted octanol–water partition coefficient (Wildman–Crippen LogP) is 5.48. The Balaban J connectivity index is 1.16. The molecule has 0 aliphatic carbocycles. The van der Waals surface area contributed by atoms with Gasteiger partial charge < -0.3 is 14.7 Å². The first-order chi connectivity index (χ1) is 19.1. The van der Waals surface area contributed by atoms with Gasteiger partial charge in [-0.1, -0.05) is 29.8 Å². The van der Waals surface area contributed by atoms with E-state index in [-0.39, 0.29) is 11.8 Å². The van der Waals surface area contributed by atoms with E-state index in [4.69, 9.17) is 16.3 Å². The molecular formula is C31H43ClN4O4. The lowest BCUT2D eigenvalue weighted by atomic mass is 9.87. The molecule has 2 N–H and O–H groups in total. The van der Waals surface area contributed by atoms with Crippen molar-refractivity contribution in [1.29, 1.82) is 0 Å². The van der Waals surface area contributed by atoms with Gasteiger partial charge in [0.05, 0.1) is 6.10 Å². The largest absolute Gasteiger partial charge is 0.444 e. The van der Waals surface area contributed by atoms with E-state index in [2.05, 4.69) is 21.3 Å². The van der Waals surface area contributed by atoms with Crippen molar-refractivity contribution in [3.05, 3.63) is 58.8 Å². The van der Waals surface area contributed by atoms with Gasteiger partial charge in [0, 0.05) is 43.2 Å². The first-order valence-electron chi connectivity index (χ1n) is 14.4. The highest BCUT2D eigenvalue weighted by Crippen LogP contribution is 2.30. The third kappa shape index (κ3) is 9.18. The zero-order valence-corrected chi connectivity index (χ0v) is 24.7. The third-order valence-corrected chi connectivity index (χ3v) is 8.05. The van der Waals surface area contributed by atoms with Crippen molar-refractivity contribution >= 4 is 29.4 Å². The number of amides is 2. The summed E-state index contributed by atoms with van der Waals surface area (Å²) in [5, 5.41) is 14.0. The fourth-order valence-corrected chi connectivity index (χ4v) is 5.70. The number of hydrogen-bond acceptors (Lipinski definition) is 6. The van der Waals surface area contributed by atoms with Gasteiger partial charge in [0.2, 0.25) is 5.91 Å². The molecule has 1 aromatic rings. The molecular weight excluding hydrogens is 528 g/mol. The number of nitrogens with one attached hydrogen (secondary N) is 1. The van der Waals surface area contributed by atoms with Crippen molar-refractivity contribution in [2.24, 2.45) is 16.8 Å². The molecule has 3 heterocycles. The number of carbonyl (C=O) groups excluding carboxylic acids is 2. The Morgan fingerprint density at radius 1 is 1.10 bits per heavy atom. The quantitative estimate of drug-likeness (QED) is 0.472. The lowest BCUT2D eigenvalue weighted by molar-refractivity contribution is -0.138. The van der Waals surface area contributed by atoms with Gasteiger partial charge in [0.25, 0.3) is 0 Å². The minimum atomic E-state index is -0.557. The van der Waals surface area contributed by atoms with Gasteiger partial charge in [0.1, 0.15) is 11.4 Å². The van der Waals surface area contributed by atoms with Crippen LogP contribution in [-0.2, 0) is 9.53 Å². The lowest BCUT2D eigenvalue weighted by Gasteiger charge is -2.37. The van der Waals surface area contributed by atoms with Gasteiger partial charge in [-0.05, 0) is 101 Å². The summed E-state index contributed by atoms with van der Waals surface area (Å²) in [7, 11) is 0. The van der Waals surface area contributed by atoms with Gasteiger partial charge in [0.15, 0.2) is 0 Å². The van der Waals surface area contributed by atoms with Crippen LogP contribution in [0.1, 0.15) is 71.0 Å². The number of aliphatic hydroxyl groups excluding tert-OH is 1. The van der Waals surface area contributed by atoms with Crippen LogP contribution in [0.3, 0.4) is 0 Å². The molecule has 40 heavy (non-hydrogen) atoms. The lowest BCUT2D eigenvalue weighted by Crippen LogP contribution is -2.45. The number of aliphatic hydroxyl groups is 1. The van der Waals surface area contributed by atoms with Crippen molar-refractivity contribution < 1.29 is 19.4 Å². The molecule has 1 aromatic carbocycles. The minimum Gasteiger partial charge on any atom is -0.444 e. The van der Waals surface area contributed by atoms with E-state index in [1.807, 2.05) is 56.0 Å². The van der Waals surface area contributed by atoms with Gasteiger partial charge in [-0.2, -0.15) is 0 Å². The Labute approximate surface area is 243 Å². The molecule has 4 rings (SSSR count). The molecule has 0 spiro atoms. The normalized spacial score (nSPS) is 20.4. The number of aliphatic imine (C=N–C) groups is 1. The summed E-state index contributed by atoms with van der Waals surface area (Å²) in [5.41, 5.74) is 1.49. The van der Waals surface area contributed by atoms with Gasteiger partial charge in [-0.3, -0.25) is 15.0 Å². The van der Waals surface area contributed by atoms with E-state index in [1.54, 1.807) is 6.20 Å². The predicted molar refractivity (Wildman–Crippen MR) is 158 cm³/mol. The molecule has 8 nitrogen and oxygen atoms in total. The third-order valence-electron chi connectivity index (χ3n) is 7.80. The highest BCUT2D eigenvalue weighted by molar-refractivity contribution is 6.30. The molecule has 0 saturated carbocycles. The first kappa shape index (κ1) is 30.3. The molecule has 0 aromatic heterocycles. The van der Waals surface area contributed by atoms with E-state index in [0.717, 1.165) is 76.0 Å². The molecule has 0 radical (unpaired) electrons. The Morgan fingerprint density at radius 3 is 2.42 bits per heavy atom. The van der Waals surface area contributed by atoms with Gasteiger partial charge in [-0.15, -0.1) is 0 Å². The van der Waals surface area contributed by atoms with Crippen LogP contribution in [0.15, 0.2) is 53.2 Å². The maximum Gasteiger partial charge on any atom is 0.413 e. The number of hydrogen-bond donors (Lipinski definition) is 2. The molecule has 1 unspecified atom stereocenters. The maximum absolute atomic E-state index is 13.3. The van der Waals surface area contributed by atoms with Gasteiger partial charge in [-0.25, -0.2) is 9.79 Å². The number of alkyl carbamates (subject to hydrolysis) is 1. The van der Waals surface area contributed by atoms with E-state index in [9.17, 15) is 14.7 Å². The zero-order valence-electron chi connectivity index (χ0n) is 23.9. The van der Waals surface area contributed by atoms with E-state index in [0.29, 0.717) is 23.2 Å². The summed E-state index contributed by atoms with van der Waals surface area (Å²) < 4.78 is 5.31. The topological polar surface area (TPSA) is 94.5 Å². The number of halogens is 1. The van der Waals surface area contributed by atoms with Crippen LogP contribution >= 0.6 is 11.6 Å². The Morgan fingerprint density at radius 2 is 1.77 bits per heavy atom. The second-order valence-corrected chi connectivity index (χ2v) is 12.6. The number of piperidine rings is 2. The van der Waals surface area contributed by atoms with Crippen LogP contribution in [0.2, 0.25) is 5.02 Å². The Kier molecular flexibility index (Phi) is 10.4. The molecule has 9 heteroatoms. The summed E-state index contributed by atoms with van der Waals surface area (Å²) in [6.07, 6.45) is 9.65. The number of carbonyl (C=O) groups is 2. The summed E-state index contributed by atoms with van der Waals surface area (Å²) in [6.45, 7) is 9.60. The van der Waals surface area contributed by atoms with Crippen molar-refractivity contribution in [2.45, 2.75) is 71.0 Å². The fourth-order valence-electron chi connectivity index (χ4n) is 5.57. The minimum absolute atomic E-state index is 0.0825. The molecule has 2 saturated heterocycles. The van der Waals surface area contributed by atoms with Crippen molar-refractivity contribution in [3.8, 4) is 0 Å². The van der Waals surface area contributed by atoms with Crippen molar-refractivity contribution in [2.75, 3.05) is 32.7 Å². The van der Waals surface area contributed by atoms with E-state index < -0.39 is 17.8 Å². The smallest absolute Gasteiger partial charge is 0.413 e. The van der Waals surface area contributed by atoms with Gasteiger partial charge >= 0.3 is 6.09 Å². The summed E-state index contributed by atoms with van der Waals surface area (Å²) in [4.78, 5) is 34.1. The van der Waals surface area contributed by atoms with Crippen LogP contribution in [0.5, 0.6) is 0 Å². The second kappa shape index (κ2) is 13.8. The number of rotatable bonds is 6. The van der Waals surface area contributed by atoms with Crippen LogP contribution < -0.4 is 5.32 Å². The summed E-state index contributed by atoms with van der Waals surface area (Å²) >= 11 is 5.96. The van der Waals surface area contributed by atoms with Crippen LogP contribution in [0.25, 0.3) is 0 Å². The Bertz CT molecular complexity index is 1110. The molecule has 1 atom stereocenters. The summed E-state index contributed by atoms with van der Waals surface area (Å²) in [6, 6.07) is 7.40. The number of amidine groups is 1. The maximum atomic E-state index is 13.3. The SMILES string of the molecule is CC(C)(C)OC(=O)NC1=NC=CC(CN2CCC(C(=O)N3CCC(CC(O)c4ccc(Cl)cc4)CC3)CC2)=CC1. The van der Waals surface area contributed by atoms with Crippen LogP contribution in [0.4, 0.5) is 4.79 Å². The van der Waals surface area contributed by atoms with Crippen LogP contribution in [0, 0.1) is 11.8 Å². The highest BCUT2D eigenvalue weighted by atomic mass is 35.5. The molecule has 2 amide bonds.